The summed E-state index contributed by atoms with van der Waals surface area (Å²) in [4.78, 5) is 4.05. The minimum atomic E-state index is -3.74. The van der Waals surface area contributed by atoms with Crippen molar-refractivity contribution in [1.82, 2.24) is 18.2 Å². The molecule has 26 heavy (non-hydrogen) atoms. The molecule has 142 valence electrons. The average molecular weight is 419 g/mol. The van der Waals surface area contributed by atoms with E-state index < -0.39 is 20.0 Å². The highest BCUT2D eigenvalue weighted by Crippen LogP contribution is 2.22. The zero-order chi connectivity index (χ0) is 18.9. The summed E-state index contributed by atoms with van der Waals surface area (Å²) in [6, 6.07) is 5.93. The van der Waals surface area contributed by atoms with Gasteiger partial charge < -0.3 is 4.57 Å². The summed E-state index contributed by atoms with van der Waals surface area (Å²) < 4.78 is 55.1. The predicted molar refractivity (Wildman–Crippen MR) is 96.8 cm³/mol. The molecule has 1 fully saturated rings. The Morgan fingerprint density at radius 1 is 0.923 bits per heavy atom. The van der Waals surface area contributed by atoms with Crippen molar-refractivity contribution in [2.24, 2.45) is 7.05 Å². The first-order valence-corrected chi connectivity index (χ1v) is 11.2. The first kappa shape index (κ1) is 19.3. The van der Waals surface area contributed by atoms with Gasteiger partial charge in [-0.25, -0.2) is 21.8 Å². The third kappa shape index (κ3) is 3.79. The summed E-state index contributed by atoms with van der Waals surface area (Å²) in [6.07, 6.45) is 3.25. The third-order valence-electron chi connectivity index (χ3n) is 4.15. The molecule has 0 bridgehead atoms. The first-order valence-electron chi connectivity index (χ1n) is 7.95. The number of imidazole rings is 1. The van der Waals surface area contributed by atoms with Crippen molar-refractivity contribution in [2.45, 2.75) is 16.3 Å². The molecule has 1 aromatic heterocycles. The van der Waals surface area contributed by atoms with E-state index in [2.05, 4.69) is 4.98 Å². The van der Waals surface area contributed by atoms with Gasteiger partial charge in [0.1, 0.15) is 0 Å². The molecule has 0 saturated carbocycles. The lowest BCUT2D eigenvalue weighted by molar-refractivity contribution is 0.403. The number of sulfonamides is 2. The van der Waals surface area contributed by atoms with E-state index in [-0.39, 0.29) is 36.1 Å². The Balaban J connectivity index is 1.79. The van der Waals surface area contributed by atoms with Gasteiger partial charge in [0.15, 0.2) is 5.03 Å². The topological polar surface area (TPSA) is 92.6 Å². The molecule has 0 atom stereocenters. The number of benzene rings is 1. The molecule has 0 radical (unpaired) electrons. The molecule has 1 aliphatic heterocycles. The van der Waals surface area contributed by atoms with Crippen molar-refractivity contribution in [3.63, 3.8) is 0 Å². The third-order valence-corrected chi connectivity index (χ3v) is 8.10. The maximum absolute atomic E-state index is 12.8. The number of rotatable bonds is 4. The van der Waals surface area contributed by atoms with Crippen LogP contribution in [-0.4, -0.2) is 61.2 Å². The van der Waals surface area contributed by atoms with E-state index in [0.29, 0.717) is 11.4 Å². The van der Waals surface area contributed by atoms with Crippen LogP contribution in [0.2, 0.25) is 5.02 Å². The summed E-state index contributed by atoms with van der Waals surface area (Å²) in [7, 11) is -5.75. The number of halogens is 1. The first-order chi connectivity index (χ1) is 12.2. The van der Waals surface area contributed by atoms with Gasteiger partial charge in [0, 0.05) is 44.4 Å². The Kier molecular flexibility index (Phi) is 5.40. The summed E-state index contributed by atoms with van der Waals surface area (Å²) in [6.45, 7) is 0.646. The SMILES string of the molecule is Cn1cnc(S(=O)(=O)N2CCCN(S(=O)(=O)c3ccc(Cl)cc3)CC2)c1. The lowest BCUT2D eigenvalue weighted by atomic mass is 10.4. The lowest BCUT2D eigenvalue weighted by Gasteiger charge is -2.21. The summed E-state index contributed by atoms with van der Waals surface area (Å²) >= 11 is 5.81. The van der Waals surface area contributed by atoms with Gasteiger partial charge in [-0.1, -0.05) is 11.6 Å². The van der Waals surface area contributed by atoms with Crippen LogP contribution in [0.4, 0.5) is 0 Å². The second kappa shape index (κ2) is 7.28. The standard InChI is InChI=1S/C15H19ClN4O4S2/c1-18-11-15(17-12-18)26(23,24)20-8-2-7-19(9-10-20)25(21,22)14-5-3-13(16)4-6-14/h3-6,11-12H,2,7-10H2,1H3. The Hall–Kier alpha value is -1.46. The molecule has 0 unspecified atom stereocenters. The number of hydrogen-bond acceptors (Lipinski definition) is 5. The molecule has 0 N–H and O–H groups in total. The van der Waals surface area contributed by atoms with Crippen LogP contribution in [0.5, 0.6) is 0 Å². The van der Waals surface area contributed by atoms with Gasteiger partial charge in [-0.2, -0.15) is 8.61 Å². The van der Waals surface area contributed by atoms with Gasteiger partial charge in [0.05, 0.1) is 11.2 Å². The van der Waals surface area contributed by atoms with Crippen LogP contribution < -0.4 is 0 Å². The highest BCUT2D eigenvalue weighted by Gasteiger charge is 2.32. The number of nitrogens with zero attached hydrogens (tertiary/aromatic N) is 4. The van der Waals surface area contributed by atoms with Crippen molar-refractivity contribution in [1.29, 1.82) is 0 Å². The maximum Gasteiger partial charge on any atom is 0.262 e. The molecule has 1 aromatic carbocycles. The number of aryl methyl sites for hydroxylation is 1. The smallest absolute Gasteiger partial charge is 0.262 e. The Labute approximate surface area is 158 Å². The summed E-state index contributed by atoms with van der Waals surface area (Å²) in [5, 5.41) is 0.418. The molecular weight excluding hydrogens is 400 g/mol. The van der Waals surface area contributed by atoms with Crippen LogP contribution in [0.1, 0.15) is 6.42 Å². The van der Waals surface area contributed by atoms with E-state index >= 15 is 0 Å². The van der Waals surface area contributed by atoms with Gasteiger partial charge in [-0.15, -0.1) is 0 Å². The number of aromatic nitrogens is 2. The average Bonchev–Trinajstić information content (AvgIpc) is 2.88. The molecular formula is C15H19ClN4O4S2. The fraction of sp³-hybridized carbons (Fsp3) is 0.400. The van der Waals surface area contributed by atoms with Crippen molar-refractivity contribution in [2.75, 3.05) is 26.2 Å². The van der Waals surface area contributed by atoms with Crippen molar-refractivity contribution in [3.05, 3.63) is 41.8 Å². The minimum Gasteiger partial charge on any atom is -0.339 e. The van der Waals surface area contributed by atoms with E-state index in [9.17, 15) is 16.8 Å². The molecule has 0 aliphatic carbocycles. The van der Waals surface area contributed by atoms with Gasteiger partial charge in [-0.05, 0) is 30.7 Å². The minimum absolute atomic E-state index is 0.0333. The van der Waals surface area contributed by atoms with E-state index in [1.165, 1.54) is 45.4 Å². The highest BCUT2D eigenvalue weighted by atomic mass is 35.5. The van der Waals surface area contributed by atoms with E-state index in [1.807, 2.05) is 0 Å². The highest BCUT2D eigenvalue weighted by molar-refractivity contribution is 7.89. The van der Waals surface area contributed by atoms with Crippen molar-refractivity contribution in [3.8, 4) is 0 Å². The molecule has 0 spiro atoms. The Bertz CT molecular complexity index is 987. The van der Waals surface area contributed by atoms with Gasteiger partial charge >= 0.3 is 0 Å². The van der Waals surface area contributed by atoms with E-state index in [4.69, 9.17) is 11.6 Å². The zero-order valence-corrected chi connectivity index (χ0v) is 16.5. The summed E-state index contributed by atoms with van der Waals surface area (Å²) in [5.74, 6) is 0. The maximum atomic E-state index is 12.8. The molecule has 0 amide bonds. The molecule has 3 rings (SSSR count). The fourth-order valence-corrected chi connectivity index (χ4v) is 5.79. The molecule has 2 heterocycles. The van der Waals surface area contributed by atoms with Crippen LogP contribution in [0.25, 0.3) is 0 Å². The molecule has 2 aromatic rings. The Morgan fingerprint density at radius 3 is 2.04 bits per heavy atom. The lowest BCUT2D eigenvalue weighted by Crippen LogP contribution is -2.37. The zero-order valence-electron chi connectivity index (χ0n) is 14.1. The fourth-order valence-electron chi connectivity index (χ4n) is 2.76. The quantitative estimate of drug-likeness (QED) is 0.742. The second-order valence-electron chi connectivity index (χ2n) is 5.99. The van der Waals surface area contributed by atoms with Gasteiger partial charge in [-0.3, -0.25) is 0 Å². The second-order valence-corrected chi connectivity index (χ2v) is 10.3. The van der Waals surface area contributed by atoms with E-state index in [1.54, 1.807) is 11.6 Å². The number of hydrogen-bond donors (Lipinski definition) is 0. The largest absolute Gasteiger partial charge is 0.339 e. The molecule has 1 saturated heterocycles. The normalized spacial score (nSPS) is 17.9. The van der Waals surface area contributed by atoms with Crippen LogP contribution in [0.3, 0.4) is 0 Å². The van der Waals surface area contributed by atoms with Crippen molar-refractivity contribution >= 4 is 31.6 Å². The molecule has 11 heteroatoms. The predicted octanol–water partition coefficient (Wildman–Crippen LogP) is 1.16. The van der Waals surface area contributed by atoms with E-state index in [0.717, 1.165) is 0 Å². The summed E-state index contributed by atoms with van der Waals surface area (Å²) in [5.41, 5.74) is 0. The van der Waals surface area contributed by atoms with Gasteiger partial charge in [0.2, 0.25) is 10.0 Å². The molecule has 8 nitrogen and oxygen atoms in total. The Morgan fingerprint density at radius 2 is 1.50 bits per heavy atom. The molecule has 1 aliphatic rings. The van der Waals surface area contributed by atoms with Crippen LogP contribution in [0.15, 0.2) is 46.7 Å². The van der Waals surface area contributed by atoms with Crippen LogP contribution in [0, 0.1) is 0 Å². The van der Waals surface area contributed by atoms with Gasteiger partial charge in [0.25, 0.3) is 10.0 Å². The van der Waals surface area contributed by atoms with Crippen molar-refractivity contribution < 1.29 is 16.8 Å². The van der Waals surface area contributed by atoms with Crippen LogP contribution >= 0.6 is 11.6 Å². The monoisotopic (exact) mass is 418 g/mol. The van der Waals surface area contributed by atoms with Crippen LogP contribution in [-0.2, 0) is 27.1 Å².